The zero-order chi connectivity index (χ0) is 11.8. The fourth-order valence-corrected chi connectivity index (χ4v) is 1.13. The molecule has 0 aromatic rings. The van der Waals surface area contributed by atoms with Gasteiger partial charge in [0.2, 0.25) is 11.8 Å². The lowest BCUT2D eigenvalue weighted by atomic mass is 10.1. The average Bonchev–Trinajstić information content (AvgIpc) is 2.18. The molecule has 2 amide bonds. The molecule has 0 radical (unpaired) electrons. The van der Waals surface area contributed by atoms with Crippen LogP contribution in [-0.2, 0) is 9.59 Å². The van der Waals surface area contributed by atoms with Crippen molar-refractivity contribution in [3.8, 4) is 0 Å². The van der Waals surface area contributed by atoms with Crippen molar-refractivity contribution in [1.82, 2.24) is 10.6 Å². The first-order valence-electron chi connectivity index (χ1n) is 5.31. The summed E-state index contributed by atoms with van der Waals surface area (Å²) in [5.74, 6) is -0.433. The number of carbonyl (C=O) groups excluding carboxylic acids is 2. The number of rotatable bonds is 6. The van der Waals surface area contributed by atoms with E-state index in [-0.39, 0.29) is 17.7 Å². The number of nitrogens with one attached hydrogen (secondary N) is 2. The third-order valence-electron chi connectivity index (χ3n) is 2.15. The maximum Gasteiger partial charge on any atom is 0.242 e. The van der Waals surface area contributed by atoms with Crippen LogP contribution in [0, 0.1) is 5.92 Å². The Bertz CT molecular complexity index is 219. The molecule has 2 atom stereocenters. The smallest absolute Gasteiger partial charge is 0.242 e. The minimum Gasteiger partial charge on any atom is -0.355 e. The van der Waals surface area contributed by atoms with E-state index in [0.29, 0.717) is 19.5 Å². The third kappa shape index (κ3) is 5.37. The Morgan fingerprint density at radius 1 is 1.27 bits per heavy atom. The van der Waals surface area contributed by atoms with E-state index in [1.165, 1.54) is 0 Å². The number of carbonyl (C=O) groups is 2. The molecule has 0 aliphatic rings. The standard InChI is InChI=1S/C10H21N3O2/c1-4-12-10(15)8(3)13-9(14)7(2)5-6-11/h7-8H,4-6,11H2,1-3H3,(H,12,15)(H,13,14). The van der Waals surface area contributed by atoms with Crippen molar-refractivity contribution in [1.29, 1.82) is 0 Å². The molecule has 0 saturated heterocycles. The van der Waals surface area contributed by atoms with Crippen LogP contribution in [0.1, 0.15) is 27.2 Å². The Hall–Kier alpha value is -1.10. The maximum atomic E-state index is 11.5. The molecule has 0 aliphatic heterocycles. The zero-order valence-electron chi connectivity index (χ0n) is 9.67. The number of hydrogen-bond donors (Lipinski definition) is 3. The van der Waals surface area contributed by atoms with E-state index in [2.05, 4.69) is 10.6 Å². The van der Waals surface area contributed by atoms with Gasteiger partial charge in [0.15, 0.2) is 0 Å². The molecule has 88 valence electrons. The second-order valence-corrected chi connectivity index (χ2v) is 3.60. The normalized spacial score (nSPS) is 14.1. The predicted octanol–water partition coefficient (Wildman–Crippen LogP) is -0.388. The van der Waals surface area contributed by atoms with E-state index in [1.54, 1.807) is 13.8 Å². The van der Waals surface area contributed by atoms with Gasteiger partial charge in [-0.05, 0) is 26.8 Å². The van der Waals surface area contributed by atoms with E-state index in [9.17, 15) is 9.59 Å². The molecule has 0 saturated carbocycles. The van der Waals surface area contributed by atoms with Crippen molar-refractivity contribution in [3.05, 3.63) is 0 Å². The van der Waals surface area contributed by atoms with Gasteiger partial charge in [-0.15, -0.1) is 0 Å². The molecule has 0 heterocycles. The summed E-state index contributed by atoms with van der Waals surface area (Å²) in [6.45, 7) is 6.34. The molecule has 5 heteroatoms. The van der Waals surface area contributed by atoms with Gasteiger partial charge in [-0.3, -0.25) is 9.59 Å². The lowest BCUT2D eigenvalue weighted by molar-refractivity contribution is -0.130. The van der Waals surface area contributed by atoms with Gasteiger partial charge < -0.3 is 16.4 Å². The van der Waals surface area contributed by atoms with Crippen LogP contribution in [0.2, 0.25) is 0 Å². The Labute approximate surface area is 90.8 Å². The number of nitrogens with two attached hydrogens (primary N) is 1. The molecule has 4 N–H and O–H groups in total. The van der Waals surface area contributed by atoms with Gasteiger partial charge in [0, 0.05) is 12.5 Å². The fourth-order valence-electron chi connectivity index (χ4n) is 1.13. The van der Waals surface area contributed by atoms with Crippen LogP contribution in [0.4, 0.5) is 0 Å². The summed E-state index contributed by atoms with van der Waals surface area (Å²) in [5.41, 5.74) is 5.35. The summed E-state index contributed by atoms with van der Waals surface area (Å²) in [6, 6.07) is -0.488. The minimum atomic E-state index is -0.488. The quantitative estimate of drug-likeness (QED) is 0.564. The molecule has 0 aromatic heterocycles. The predicted molar refractivity (Wildman–Crippen MR) is 59.1 cm³/mol. The van der Waals surface area contributed by atoms with E-state index >= 15 is 0 Å². The fraction of sp³-hybridized carbons (Fsp3) is 0.800. The van der Waals surface area contributed by atoms with Crippen molar-refractivity contribution in [2.75, 3.05) is 13.1 Å². The molecule has 15 heavy (non-hydrogen) atoms. The Morgan fingerprint density at radius 2 is 1.87 bits per heavy atom. The van der Waals surface area contributed by atoms with Gasteiger partial charge in [0.05, 0.1) is 0 Å². The number of likely N-dealkylation sites (N-methyl/N-ethyl adjacent to an activating group) is 1. The molecule has 0 rings (SSSR count). The van der Waals surface area contributed by atoms with Gasteiger partial charge in [-0.25, -0.2) is 0 Å². The summed E-state index contributed by atoms with van der Waals surface area (Å²) < 4.78 is 0. The highest BCUT2D eigenvalue weighted by Gasteiger charge is 2.18. The summed E-state index contributed by atoms with van der Waals surface area (Å²) in [4.78, 5) is 22.8. The third-order valence-corrected chi connectivity index (χ3v) is 2.15. The second kappa shape index (κ2) is 7.23. The monoisotopic (exact) mass is 215 g/mol. The van der Waals surface area contributed by atoms with Crippen LogP contribution in [0.3, 0.4) is 0 Å². The Balaban J connectivity index is 4.00. The van der Waals surface area contributed by atoms with Crippen molar-refractivity contribution in [2.45, 2.75) is 33.2 Å². The Morgan fingerprint density at radius 3 is 2.33 bits per heavy atom. The number of amides is 2. The lowest BCUT2D eigenvalue weighted by Gasteiger charge is -2.16. The maximum absolute atomic E-state index is 11.5. The van der Waals surface area contributed by atoms with Gasteiger partial charge in [0.25, 0.3) is 0 Å². The van der Waals surface area contributed by atoms with Gasteiger partial charge in [0.1, 0.15) is 6.04 Å². The van der Waals surface area contributed by atoms with Gasteiger partial charge >= 0.3 is 0 Å². The molecule has 2 unspecified atom stereocenters. The van der Waals surface area contributed by atoms with Crippen LogP contribution in [-0.4, -0.2) is 30.9 Å². The molecular weight excluding hydrogens is 194 g/mol. The molecule has 0 aliphatic carbocycles. The molecule has 5 nitrogen and oxygen atoms in total. The topological polar surface area (TPSA) is 84.2 Å². The first-order chi connectivity index (χ1) is 7.02. The van der Waals surface area contributed by atoms with Crippen LogP contribution in [0.15, 0.2) is 0 Å². The van der Waals surface area contributed by atoms with Crippen molar-refractivity contribution in [3.63, 3.8) is 0 Å². The van der Waals surface area contributed by atoms with Crippen LogP contribution >= 0.6 is 0 Å². The Kier molecular flexibility index (Phi) is 6.70. The van der Waals surface area contributed by atoms with Gasteiger partial charge in [-0.2, -0.15) is 0 Å². The van der Waals surface area contributed by atoms with Crippen LogP contribution in [0.5, 0.6) is 0 Å². The highest BCUT2D eigenvalue weighted by atomic mass is 16.2. The second-order valence-electron chi connectivity index (χ2n) is 3.60. The zero-order valence-corrected chi connectivity index (χ0v) is 9.67. The molecule has 0 aromatic carbocycles. The first-order valence-corrected chi connectivity index (χ1v) is 5.31. The molecular formula is C10H21N3O2. The molecule has 0 fully saturated rings. The van der Waals surface area contributed by atoms with Gasteiger partial charge in [-0.1, -0.05) is 6.92 Å². The SMILES string of the molecule is CCNC(=O)C(C)NC(=O)C(C)CCN. The van der Waals surface area contributed by atoms with Crippen LogP contribution < -0.4 is 16.4 Å². The van der Waals surface area contributed by atoms with Crippen molar-refractivity contribution >= 4 is 11.8 Å². The van der Waals surface area contributed by atoms with Crippen molar-refractivity contribution < 1.29 is 9.59 Å². The highest BCUT2D eigenvalue weighted by molar-refractivity contribution is 5.87. The van der Waals surface area contributed by atoms with E-state index in [0.717, 1.165) is 0 Å². The van der Waals surface area contributed by atoms with Crippen molar-refractivity contribution in [2.24, 2.45) is 11.7 Å². The van der Waals surface area contributed by atoms with E-state index < -0.39 is 6.04 Å². The average molecular weight is 215 g/mol. The molecule has 0 bridgehead atoms. The summed E-state index contributed by atoms with van der Waals surface area (Å²) in [7, 11) is 0. The summed E-state index contributed by atoms with van der Waals surface area (Å²) in [5, 5.41) is 5.29. The lowest BCUT2D eigenvalue weighted by Crippen LogP contribution is -2.46. The first kappa shape index (κ1) is 13.9. The highest BCUT2D eigenvalue weighted by Crippen LogP contribution is 2.00. The summed E-state index contributed by atoms with van der Waals surface area (Å²) in [6.07, 6.45) is 0.633. The van der Waals surface area contributed by atoms with Crippen LogP contribution in [0.25, 0.3) is 0 Å². The summed E-state index contributed by atoms with van der Waals surface area (Å²) >= 11 is 0. The van der Waals surface area contributed by atoms with E-state index in [1.807, 2.05) is 6.92 Å². The number of hydrogen-bond acceptors (Lipinski definition) is 3. The minimum absolute atomic E-state index is 0.126. The largest absolute Gasteiger partial charge is 0.355 e. The molecule has 0 spiro atoms. The van der Waals surface area contributed by atoms with E-state index in [4.69, 9.17) is 5.73 Å².